The van der Waals surface area contributed by atoms with Crippen LogP contribution in [-0.2, 0) is 6.54 Å². The lowest BCUT2D eigenvalue weighted by atomic mass is 9.78. The molecule has 0 spiro atoms. The van der Waals surface area contributed by atoms with Crippen molar-refractivity contribution in [3.05, 3.63) is 35.4 Å². The first kappa shape index (κ1) is 14.6. The van der Waals surface area contributed by atoms with Gasteiger partial charge in [-0.3, -0.25) is 4.90 Å². The molecule has 2 aliphatic rings. The van der Waals surface area contributed by atoms with Gasteiger partial charge in [0.1, 0.15) is 6.61 Å². The summed E-state index contributed by atoms with van der Waals surface area (Å²) < 4.78 is 0. The van der Waals surface area contributed by atoms with Crippen molar-refractivity contribution < 1.29 is 5.11 Å². The molecule has 2 nitrogen and oxygen atoms in total. The highest BCUT2D eigenvalue weighted by atomic mass is 16.2. The molecule has 1 aliphatic heterocycles. The number of nitrogens with zero attached hydrogens (tertiary/aromatic N) is 1. The molecule has 1 aromatic carbocycles. The molecule has 1 aromatic rings. The Balaban J connectivity index is 1.70. The van der Waals surface area contributed by atoms with E-state index in [9.17, 15) is 0 Å². The maximum absolute atomic E-state index is 8.81. The topological polar surface area (TPSA) is 23.5 Å². The zero-order valence-electron chi connectivity index (χ0n) is 12.7. The fraction of sp³-hybridized carbons (Fsp3) is 0.579. The fourth-order valence-corrected chi connectivity index (χ4v) is 4.05. The number of fused-ring (bicyclic) bond motifs is 1. The van der Waals surface area contributed by atoms with E-state index >= 15 is 0 Å². The van der Waals surface area contributed by atoms with Crippen molar-refractivity contribution in [3.63, 3.8) is 0 Å². The van der Waals surface area contributed by atoms with E-state index in [2.05, 4.69) is 34.9 Å². The van der Waals surface area contributed by atoms with Crippen molar-refractivity contribution in [2.75, 3.05) is 13.2 Å². The van der Waals surface area contributed by atoms with Gasteiger partial charge in [-0.2, -0.15) is 0 Å². The van der Waals surface area contributed by atoms with E-state index in [0.717, 1.165) is 24.1 Å². The Labute approximate surface area is 128 Å². The van der Waals surface area contributed by atoms with E-state index in [1.807, 2.05) is 6.07 Å². The summed E-state index contributed by atoms with van der Waals surface area (Å²) in [6.07, 6.45) is 8.44. The first-order chi connectivity index (χ1) is 10.4. The third-order valence-electron chi connectivity index (χ3n) is 4.98. The molecular formula is C19H25NO. The zero-order chi connectivity index (χ0) is 14.5. The van der Waals surface area contributed by atoms with Crippen LogP contribution in [0.5, 0.6) is 0 Å². The van der Waals surface area contributed by atoms with Gasteiger partial charge in [-0.1, -0.05) is 36.8 Å². The third-order valence-corrected chi connectivity index (χ3v) is 4.98. The minimum absolute atomic E-state index is 0.0693. The normalized spacial score (nSPS) is 25.8. The number of hydrogen-bond acceptors (Lipinski definition) is 2. The molecule has 1 saturated heterocycles. The summed E-state index contributed by atoms with van der Waals surface area (Å²) in [4.78, 5) is 2.70. The van der Waals surface area contributed by atoms with Gasteiger partial charge in [0.05, 0.1) is 0 Å². The molecule has 1 N–H and O–H groups in total. The summed E-state index contributed by atoms with van der Waals surface area (Å²) in [5.41, 5.74) is 2.37. The Morgan fingerprint density at radius 2 is 2.00 bits per heavy atom. The molecule has 1 saturated carbocycles. The second-order valence-corrected chi connectivity index (χ2v) is 6.38. The number of hydrogen-bond donors (Lipinski definition) is 1. The van der Waals surface area contributed by atoms with Crippen LogP contribution < -0.4 is 0 Å². The molecule has 2 fully saturated rings. The van der Waals surface area contributed by atoms with Gasteiger partial charge in [0.25, 0.3) is 0 Å². The minimum atomic E-state index is -0.0693. The van der Waals surface area contributed by atoms with Crippen molar-refractivity contribution in [1.82, 2.24) is 4.90 Å². The molecule has 0 bridgehead atoms. The molecule has 2 heteroatoms. The van der Waals surface area contributed by atoms with Crippen molar-refractivity contribution in [2.24, 2.45) is 5.92 Å². The predicted molar refractivity (Wildman–Crippen MR) is 85.8 cm³/mol. The SMILES string of the molecule is OCC#Cc1cccc(CN2CCCC3CCCCC32)c1. The van der Waals surface area contributed by atoms with Crippen molar-refractivity contribution in [2.45, 2.75) is 51.1 Å². The Morgan fingerprint density at radius 1 is 1.14 bits per heavy atom. The summed E-state index contributed by atoms with van der Waals surface area (Å²) in [7, 11) is 0. The largest absolute Gasteiger partial charge is 0.384 e. The average Bonchev–Trinajstić information content (AvgIpc) is 2.54. The van der Waals surface area contributed by atoms with Crippen molar-refractivity contribution in [3.8, 4) is 11.8 Å². The molecule has 112 valence electrons. The maximum Gasteiger partial charge on any atom is 0.104 e. The number of piperidine rings is 1. The summed E-state index contributed by atoms with van der Waals surface area (Å²) in [5.74, 6) is 6.68. The molecule has 0 aromatic heterocycles. The molecule has 1 aliphatic carbocycles. The summed E-state index contributed by atoms with van der Waals surface area (Å²) in [6.45, 7) is 2.23. The van der Waals surface area contributed by atoms with E-state index in [1.54, 1.807) is 0 Å². The quantitative estimate of drug-likeness (QED) is 0.843. The second-order valence-electron chi connectivity index (χ2n) is 6.38. The monoisotopic (exact) mass is 283 g/mol. The van der Waals surface area contributed by atoms with Crippen LogP contribution in [0.4, 0.5) is 0 Å². The first-order valence-corrected chi connectivity index (χ1v) is 8.29. The van der Waals surface area contributed by atoms with Crippen LogP contribution in [-0.4, -0.2) is 29.2 Å². The van der Waals surface area contributed by atoms with Crippen molar-refractivity contribution >= 4 is 0 Å². The second kappa shape index (κ2) is 7.11. The van der Waals surface area contributed by atoms with Crippen LogP contribution in [0.25, 0.3) is 0 Å². The number of benzene rings is 1. The highest BCUT2D eigenvalue weighted by Gasteiger charge is 2.32. The van der Waals surface area contributed by atoms with Gasteiger partial charge in [0, 0.05) is 18.2 Å². The molecule has 21 heavy (non-hydrogen) atoms. The number of likely N-dealkylation sites (tertiary alicyclic amines) is 1. The Bertz CT molecular complexity index is 526. The molecule has 3 rings (SSSR count). The molecule has 0 radical (unpaired) electrons. The highest BCUT2D eigenvalue weighted by Crippen LogP contribution is 2.35. The lowest BCUT2D eigenvalue weighted by Crippen LogP contribution is -2.46. The number of rotatable bonds is 2. The van der Waals surface area contributed by atoms with Gasteiger partial charge < -0.3 is 5.11 Å². The fourth-order valence-electron chi connectivity index (χ4n) is 4.05. The smallest absolute Gasteiger partial charge is 0.104 e. The number of aliphatic hydroxyl groups is 1. The van der Waals surface area contributed by atoms with Crippen LogP contribution >= 0.6 is 0 Å². The van der Waals surface area contributed by atoms with E-state index in [1.165, 1.54) is 50.6 Å². The lowest BCUT2D eigenvalue weighted by molar-refractivity contribution is 0.0547. The Kier molecular flexibility index (Phi) is 4.95. The maximum atomic E-state index is 8.81. The van der Waals surface area contributed by atoms with Gasteiger partial charge in [0.15, 0.2) is 0 Å². The Morgan fingerprint density at radius 3 is 2.90 bits per heavy atom. The van der Waals surface area contributed by atoms with Crippen LogP contribution in [0.1, 0.15) is 49.7 Å². The molecule has 2 unspecified atom stereocenters. The first-order valence-electron chi connectivity index (χ1n) is 8.29. The molecule has 0 amide bonds. The standard InChI is InChI=1S/C19H25NO/c21-13-5-8-16-6-3-7-17(14-16)15-20-12-4-10-18-9-1-2-11-19(18)20/h3,6-7,14,18-19,21H,1-2,4,9-13,15H2. The predicted octanol–water partition coefficient (Wildman–Crippen LogP) is 3.19. The van der Waals surface area contributed by atoms with E-state index < -0.39 is 0 Å². The summed E-state index contributed by atoms with van der Waals surface area (Å²) in [5, 5.41) is 8.81. The van der Waals surface area contributed by atoms with Crippen molar-refractivity contribution in [1.29, 1.82) is 0 Å². The summed E-state index contributed by atoms with van der Waals surface area (Å²) in [6, 6.07) is 9.29. The van der Waals surface area contributed by atoms with Crippen LogP contribution in [0.15, 0.2) is 24.3 Å². The zero-order valence-corrected chi connectivity index (χ0v) is 12.7. The van der Waals surface area contributed by atoms with Gasteiger partial charge >= 0.3 is 0 Å². The van der Waals surface area contributed by atoms with Gasteiger partial charge in [-0.15, -0.1) is 0 Å². The molecule has 2 atom stereocenters. The van der Waals surface area contributed by atoms with Crippen LogP contribution in [0.3, 0.4) is 0 Å². The van der Waals surface area contributed by atoms with E-state index in [4.69, 9.17) is 5.11 Å². The van der Waals surface area contributed by atoms with Crippen LogP contribution in [0.2, 0.25) is 0 Å². The highest BCUT2D eigenvalue weighted by molar-refractivity contribution is 5.37. The minimum Gasteiger partial charge on any atom is -0.384 e. The van der Waals surface area contributed by atoms with Gasteiger partial charge in [-0.25, -0.2) is 0 Å². The van der Waals surface area contributed by atoms with E-state index in [0.29, 0.717) is 0 Å². The third kappa shape index (κ3) is 3.67. The summed E-state index contributed by atoms with van der Waals surface area (Å²) >= 11 is 0. The van der Waals surface area contributed by atoms with Crippen LogP contribution in [0, 0.1) is 17.8 Å². The van der Waals surface area contributed by atoms with E-state index in [-0.39, 0.29) is 6.61 Å². The number of aliphatic hydroxyl groups excluding tert-OH is 1. The van der Waals surface area contributed by atoms with Gasteiger partial charge in [0.2, 0.25) is 0 Å². The lowest BCUT2D eigenvalue weighted by Gasteiger charge is -2.44. The molecular weight excluding hydrogens is 258 g/mol. The molecule has 1 heterocycles. The van der Waals surface area contributed by atoms with Gasteiger partial charge in [-0.05, 0) is 55.8 Å². The Hall–Kier alpha value is -1.30. The average molecular weight is 283 g/mol.